The third kappa shape index (κ3) is 3.71. The summed E-state index contributed by atoms with van der Waals surface area (Å²) < 4.78 is 12.6. The number of carbonyl (C=O) groups excluding carboxylic acids is 1. The Kier molecular flexibility index (Phi) is 5.99. The van der Waals surface area contributed by atoms with Crippen LogP contribution in [0.5, 0.6) is 11.5 Å². The molecule has 0 aliphatic rings. The molecule has 0 aliphatic heterocycles. The molecule has 1 amide bonds. The third-order valence-electron chi connectivity index (χ3n) is 4.75. The van der Waals surface area contributed by atoms with Crippen LogP contribution < -0.4 is 9.47 Å². The van der Waals surface area contributed by atoms with Gasteiger partial charge in [-0.25, -0.2) is 4.98 Å². The standard InChI is InChI=1S/C22H25N3O3/c1-5-24(6-2)22(26)19-14-23-15-25(19)18-9-7-8-16(12-18)17-10-11-20(27-3)21(13-17)28-4/h7-15H,5-6H2,1-4H3. The lowest BCUT2D eigenvalue weighted by atomic mass is 10.0. The van der Waals surface area contributed by atoms with Crippen molar-refractivity contribution in [1.29, 1.82) is 0 Å². The highest BCUT2D eigenvalue weighted by molar-refractivity contribution is 5.93. The van der Waals surface area contributed by atoms with Crippen molar-refractivity contribution < 1.29 is 14.3 Å². The summed E-state index contributed by atoms with van der Waals surface area (Å²) in [6.45, 7) is 5.26. The summed E-state index contributed by atoms with van der Waals surface area (Å²) in [5.74, 6) is 1.33. The van der Waals surface area contributed by atoms with Crippen LogP contribution in [0.2, 0.25) is 0 Å². The Balaban J connectivity index is 2.00. The Morgan fingerprint density at radius 2 is 1.71 bits per heavy atom. The number of ether oxygens (including phenoxy) is 2. The molecule has 0 unspecified atom stereocenters. The zero-order valence-electron chi connectivity index (χ0n) is 16.7. The predicted octanol–water partition coefficient (Wildman–Crippen LogP) is 4.04. The molecule has 2 aromatic carbocycles. The molecule has 0 aliphatic carbocycles. The first-order valence-electron chi connectivity index (χ1n) is 9.27. The van der Waals surface area contributed by atoms with Gasteiger partial charge in [0.1, 0.15) is 5.69 Å². The maximum Gasteiger partial charge on any atom is 0.272 e. The summed E-state index contributed by atoms with van der Waals surface area (Å²) in [5.41, 5.74) is 3.43. The number of carbonyl (C=O) groups is 1. The monoisotopic (exact) mass is 379 g/mol. The Hall–Kier alpha value is -3.28. The lowest BCUT2D eigenvalue weighted by molar-refractivity contribution is 0.0765. The van der Waals surface area contributed by atoms with E-state index in [0.29, 0.717) is 30.3 Å². The minimum Gasteiger partial charge on any atom is -0.493 e. The molecule has 28 heavy (non-hydrogen) atoms. The average Bonchev–Trinajstić information content (AvgIpc) is 3.24. The van der Waals surface area contributed by atoms with E-state index in [9.17, 15) is 4.79 Å². The Morgan fingerprint density at radius 1 is 1.00 bits per heavy atom. The molecule has 0 atom stereocenters. The first-order valence-corrected chi connectivity index (χ1v) is 9.27. The molecule has 0 radical (unpaired) electrons. The number of hydrogen-bond acceptors (Lipinski definition) is 4. The number of rotatable bonds is 7. The molecule has 0 saturated heterocycles. The van der Waals surface area contributed by atoms with E-state index in [1.54, 1.807) is 31.6 Å². The fraction of sp³-hybridized carbons (Fsp3) is 0.273. The number of methoxy groups -OCH3 is 2. The van der Waals surface area contributed by atoms with Gasteiger partial charge in [0.05, 0.1) is 26.7 Å². The van der Waals surface area contributed by atoms with Gasteiger partial charge in [0.2, 0.25) is 0 Å². The second-order valence-electron chi connectivity index (χ2n) is 6.25. The van der Waals surface area contributed by atoms with Gasteiger partial charge in [-0.15, -0.1) is 0 Å². The maximum atomic E-state index is 12.8. The molecular formula is C22H25N3O3. The van der Waals surface area contributed by atoms with E-state index in [1.165, 1.54) is 0 Å². The number of nitrogens with zero attached hydrogens (tertiary/aromatic N) is 3. The molecular weight excluding hydrogens is 354 g/mol. The van der Waals surface area contributed by atoms with Gasteiger partial charge in [0, 0.05) is 18.8 Å². The molecule has 6 heteroatoms. The van der Waals surface area contributed by atoms with Gasteiger partial charge in [-0.1, -0.05) is 18.2 Å². The molecule has 0 N–H and O–H groups in total. The molecule has 0 fully saturated rings. The highest BCUT2D eigenvalue weighted by Crippen LogP contribution is 2.33. The van der Waals surface area contributed by atoms with Crippen LogP contribution in [0.3, 0.4) is 0 Å². The second-order valence-corrected chi connectivity index (χ2v) is 6.25. The van der Waals surface area contributed by atoms with Crippen LogP contribution in [-0.2, 0) is 0 Å². The summed E-state index contributed by atoms with van der Waals surface area (Å²) >= 11 is 0. The van der Waals surface area contributed by atoms with Crippen LogP contribution in [0.1, 0.15) is 24.3 Å². The molecule has 0 bridgehead atoms. The number of amides is 1. The number of imidazole rings is 1. The van der Waals surface area contributed by atoms with E-state index in [4.69, 9.17) is 9.47 Å². The third-order valence-corrected chi connectivity index (χ3v) is 4.75. The van der Waals surface area contributed by atoms with E-state index < -0.39 is 0 Å². The topological polar surface area (TPSA) is 56.6 Å². The van der Waals surface area contributed by atoms with E-state index in [0.717, 1.165) is 16.8 Å². The van der Waals surface area contributed by atoms with E-state index in [1.807, 2.05) is 60.9 Å². The zero-order valence-corrected chi connectivity index (χ0v) is 16.7. The predicted molar refractivity (Wildman–Crippen MR) is 109 cm³/mol. The van der Waals surface area contributed by atoms with Crippen molar-refractivity contribution in [3.05, 3.63) is 60.7 Å². The largest absolute Gasteiger partial charge is 0.493 e. The molecule has 0 spiro atoms. The van der Waals surface area contributed by atoms with Crippen molar-refractivity contribution in [3.8, 4) is 28.3 Å². The minimum atomic E-state index is -0.0287. The number of hydrogen-bond donors (Lipinski definition) is 0. The highest BCUT2D eigenvalue weighted by atomic mass is 16.5. The number of aromatic nitrogens is 2. The summed E-state index contributed by atoms with van der Waals surface area (Å²) in [5, 5.41) is 0. The summed E-state index contributed by atoms with van der Waals surface area (Å²) in [7, 11) is 3.24. The highest BCUT2D eigenvalue weighted by Gasteiger charge is 2.18. The van der Waals surface area contributed by atoms with Gasteiger partial charge in [-0.05, 0) is 49.2 Å². The lowest BCUT2D eigenvalue weighted by Crippen LogP contribution is -2.31. The fourth-order valence-electron chi connectivity index (χ4n) is 3.18. The molecule has 1 aromatic heterocycles. The van der Waals surface area contributed by atoms with Crippen molar-refractivity contribution in [2.45, 2.75) is 13.8 Å². The molecule has 1 heterocycles. The summed E-state index contributed by atoms with van der Waals surface area (Å²) in [6, 6.07) is 13.8. The van der Waals surface area contributed by atoms with Gasteiger partial charge >= 0.3 is 0 Å². The first-order chi connectivity index (χ1) is 13.6. The maximum absolute atomic E-state index is 12.8. The molecule has 146 valence electrons. The fourth-order valence-corrected chi connectivity index (χ4v) is 3.18. The molecule has 3 aromatic rings. The Bertz CT molecular complexity index is 961. The van der Waals surface area contributed by atoms with Gasteiger partial charge in [-0.2, -0.15) is 0 Å². The van der Waals surface area contributed by atoms with Crippen LogP contribution in [0, 0.1) is 0 Å². The van der Waals surface area contributed by atoms with Gasteiger partial charge < -0.3 is 14.4 Å². The van der Waals surface area contributed by atoms with Crippen LogP contribution in [0.25, 0.3) is 16.8 Å². The first kappa shape index (κ1) is 19.5. The van der Waals surface area contributed by atoms with Crippen LogP contribution in [-0.4, -0.2) is 47.7 Å². The zero-order chi connectivity index (χ0) is 20.1. The van der Waals surface area contributed by atoms with Crippen molar-refractivity contribution in [2.24, 2.45) is 0 Å². The summed E-state index contributed by atoms with van der Waals surface area (Å²) in [4.78, 5) is 18.8. The molecule has 0 saturated carbocycles. The van der Waals surface area contributed by atoms with Crippen molar-refractivity contribution in [3.63, 3.8) is 0 Å². The molecule has 6 nitrogen and oxygen atoms in total. The van der Waals surface area contributed by atoms with E-state index in [-0.39, 0.29) is 5.91 Å². The quantitative estimate of drug-likeness (QED) is 0.622. The van der Waals surface area contributed by atoms with Gasteiger partial charge in [0.25, 0.3) is 5.91 Å². The minimum absolute atomic E-state index is 0.0287. The Labute approximate surface area is 165 Å². The normalized spacial score (nSPS) is 10.6. The Morgan fingerprint density at radius 3 is 2.39 bits per heavy atom. The van der Waals surface area contributed by atoms with Gasteiger partial charge in [0.15, 0.2) is 11.5 Å². The van der Waals surface area contributed by atoms with Crippen LogP contribution in [0.4, 0.5) is 0 Å². The van der Waals surface area contributed by atoms with Crippen LogP contribution >= 0.6 is 0 Å². The van der Waals surface area contributed by atoms with Crippen molar-refractivity contribution >= 4 is 5.91 Å². The number of benzene rings is 2. The van der Waals surface area contributed by atoms with Crippen molar-refractivity contribution in [1.82, 2.24) is 14.5 Å². The summed E-state index contributed by atoms with van der Waals surface area (Å²) in [6.07, 6.45) is 3.29. The average molecular weight is 379 g/mol. The van der Waals surface area contributed by atoms with E-state index >= 15 is 0 Å². The molecule has 3 rings (SSSR count). The SMILES string of the molecule is CCN(CC)C(=O)c1cncn1-c1cccc(-c2ccc(OC)c(OC)c2)c1. The van der Waals surface area contributed by atoms with E-state index in [2.05, 4.69) is 4.98 Å². The lowest BCUT2D eigenvalue weighted by Gasteiger charge is -2.19. The second kappa shape index (κ2) is 8.61. The van der Waals surface area contributed by atoms with Gasteiger partial charge in [-0.3, -0.25) is 9.36 Å². The smallest absolute Gasteiger partial charge is 0.272 e. The van der Waals surface area contributed by atoms with Crippen molar-refractivity contribution in [2.75, 3.05) is 27.3 Å². The van der Waals surface area contributed by atoms with Crippen LogP contribution in [0.15, 0.2) is 55.0 Å².